The Hall–Kier alpha value is -2.16. The number of alkyl halides is 3. The SMILES string of the molecule is Cc1csc(=O)n1CC(=O)NCc1ccc(F)cc1C(F)(F)F. The molecular weight excluding hydrogens is 336 g/mol. The van der Waals surface area contributed by atoms with Crippen molar-refractivity contribution in [3.05, 3.63) is 55.9 Å². The number of hydrogen-bond acceptors (Lipinski definition) is 3. The molecule has 0 bridgehead atoms. The van der Waals surface area contributed by atoms with Gasteiger partial charge >= 0.3 is 11.0 Å². The molecule has 1 heterocycles. The van der Waals surface area contributed by atoms with E-state index >= 15 is 0 Å². The number of halogens is 4. The lowest BCUT2D eigenvalue weighted by molar-refractivity contribution is -0.138. The fourth-order valence-electron chi connectivity index (χ4n) is 1.96. The maximum atomic E-state index is 13.0. The molecule has 0 aliphatic rings. The molecule has 0 spiro atoms. The number of thiazole rings is 1. The van der Waals surface area contributed by atoms with E-state index in [0.29, 0.717) is 11.8 Å². The second-order valence-corrected chi connectivity index (χ2v) is 5.63. The molecule has 2 rings (SSSR count). The smallest absolute Gasteiger partial charge is 0.350 e. The highest BCUT2D eigenvalue weighted by Crippen LogP contribution is 2.32. The molecule has 0 aliphatic carbocycles. The lowest BCUT2D eigenvalue weighted by Gasteiger charge is -2.14. The minimum atomic E-state index is -4.72. The van der Waals surface area contributed by atoms with Gasteiger partial charge in [0.2, 0.25) is 5.91 Å². The molecule has 1 amide bonds. The third-order valence-corrected chi connectivity index (χ3v) is 4.01. The number of benzene rings is 1. The highest BCUT2D eigenvalue weighted by molar-refractivity contribution is 7.07. The summed E-state index contributed by atoms with van der Waals surface area (Å²) >= 11 is 0.932. The molecule has 1 aromatic carbocycles. The van der Waals surface area contributed by atoms with Gasteiger partial charge in [0.25, 0.3) is 0 Å². The quantitative estimate of drug-likeness (QED) is 0.864. The van der Waals surface area contributed by atoms with E-state index in [2.05, 4.69) is 5.32 Å². The molecule has 0 radical (unpaired) electrons. The first-order valence-corrected chi connectivity index (χ1v) is 7.33. The number of amides is 1. The number of aromatic nitrogens is 1. The zero-order chi connectivity index (χ0) is 17.2. The number of nitrogens with one attached hydrogen (secondary N) is 1. The van der Waals surface area contributed by atoms with E-state index in [-0.39, 0.29) is 17.0 Å². The summed E-state index contributed by atoms with van der Waals surface area (Å²) < 4.78 is 52.7. The Morgan fingerprint density at radius 2 is 2.04 bits per heavy atom. The normalized spacial score (nSPS) is 11.5. The van der Waals surface area contributed by atoms with Crippen molar-refractivity contribution in [2.75, 3.05) is 0 Å². The first kappa shape index (κ1) is 17.2. The predicted molar refractivity (Wildman–Crippen MR) is 76.6 cm³/mol. The van der Waals surface area contributed by atoms with Gasteiger partial charge in [-0.15, -0.1) is 0 Å². The van der Waals surface area contributed by atoms with Crippen LogP contribution in [0.15, 0.2) is 28.4 Å². The lowest BCUT2D eigenvalue weighted by atomic mass is 10.1. The molecule has 124 valence electrons. The van der Waals surface area contributed by atoms with Crippen molar-refractivity contribution in [3.63, 3.8) is 0 Å². The molecule has 0 fully saturated rings. The van der Waals surface area contributed by atoms with Crippen molar-refractivity contribution in [2.45, 2.75) is 26.2 Å². The van der Waals surface area contributed by atoms with Gasteiger partial charge in [0.15, 0.2) is 0 Å². The van der Waals surface area contributed by atoms with Gasteiger partial charge in [-0.1, -0.05) is 17.4 Å². The molecule has 4 nitrogen and oxygen atoms in total. The summed E-state index contributed by atoms with van der Waals surface area (Å²) in [6.45, 7) is 0.954. The third kappa shape index (κ3) is 4.19. The lowest BCUT2D eigenvalue weighted by Crippen LogP contribution is -2.31. The molecule has 1 N–H and O–H groups in total. The van der Waals surface area contributed by atoms with Gasteiger partial charge in [-0.2, -0.15) is 13.2 Å². The summed E-state index contributed by atoms with van der Waals surface area (Å²) in [6, 6.07) is 2.25. The van der Waals surface area contributed by atoms with Gasteiger partial charge in [0.1, 0.15) is 12.4 Å². The second kappa shape index (κ2) is 6.53. The molecule has 23 heavy (non-hydrogen) atoms. The van der Waals surface area contributed by atoms with E-state index in [1.165, 1.54) is 4.57 Å². The van der Waals surface area contributed by atoms with Crippen molar-refractivity contribution < 1.29 is 22.4 Å². The van der Waals surface area contributed by atoms with E-state index < -0.39 is 30.0 Å². The van der Waals surface area contributed by atoms with E-state index in [4.69, 9.17) is 0 Å². The molecule has 1 aromatic heterocycles. The molecule has 2 aromatic rings. The standard InChI is InChI=1S/C14H12F4N2O2S/c1-8-7-23-13(22)20(8)6-12(21)19-5-9-2-3-10(15)4-11(9)14(16,17)18/h2-4,7H,5-6H2,1H3,(H,19,21). The Bertz CT molecular complexity index is 780. The minimum Gasteiger partial charge on any atom is -0.350 e. The maximum Gasteiger partial charge on any atom is 0.416 e. The zero-order valence-electron chi connectivity index (χ0n) is 11.9. The summed E-state index contributed by atoms with van der Waals surface area (Å²) in [7, 11) is 0. The van der Waals surface area contributed by atoms with Crippen LogP contribution >= 0.6 is 11.3 Å². The number of nitrogens with zero attached hydrogens (tertiary/aromatic N) is 1. The van der Waals surface area contributed by atoms with Crippen molar-refractivity contribution in [1.82, 2.24) is 9.88 Å². The average Bonchev–Trinajstić information content (AvgIpc) is 2.77. The summed E-state index contributed by atoms with van der Waals surface area (Å²) in [5.41, 5.74) is -0.795. The van der Waals surface area contributed by atoms with Gasteiger partial charge in [-0.3, -0.25) is 14.2 Å². The van der Waals surface area contributed by atoms with Crippen LogP contribution in [0.2, 0.25) is 0 Å². The molecule has 0 atom stereocenters. The van der Waals surface area contributed by atoms with Gasteiger partial charge in [0.05, 0.1) is 5.56 Å². The summed E-state index contributed by atoms with van der Waals surface area (Å²) in [4.78, 5) is 23.0. The number of carbonyl (C=O) groups is 1. The van der Waals surface area contributed by atoms with Crippen LogP contribution in [0.5, 0.6) is 0 Å². The van der Waals surface area contributed by atoms with Crippen molar-refractivity contribution in [1.29, 1.82) is 0 Å². The highest BCUT2D eigenvalue weighted by Gasteiger charge is 2.33. The largest absolute Gasteiger partial charge is 0.416 e. The third-order valence-electron chi connectivity index (χ3n) is 3.13. The first-order chi connectivity index (χ1) is 10.7. The predicted octanol–water partition coefficient (Wildman–Crippen LogP) is 2.69. The molecule has 0 aliphatic heterocycles. The monoisotopic (exact) mass is 348 g/mol. The second-order valence-electron chi connectivity index (χ2n) is 4.81. The Labute approximate surface area is 132 Å². The summed E-state index contributed by atoms with van der Waals surface area (Å²) in [6.07, 6.45) is -4.72. The molecule has 9 heteroatoms. The van der Waals surface area contributed by atoms with Crippen LogP contribution in [0.3, 0.4) is 0 Å². The fourth-order valence-corrected chi connectivity index (χ4v) is 2.69. The fraction of sp³-hybridized carbons (Fsp3) is 0.286. The van der Waals surface area contributed by atoms with E-state index in [1.807, 2.05) is 0 Å². The van der Waals surface area contributed by atoms with Crippen LogP contribution in [-0.4, -0.2) is 10.5 Å². The molecule has 0 unspecified atom stereocenters. The van der Waals surface area contributed by atoms with Gasteiger partial charge in [0, 0.05) is 17.6 Å². The van der Waals surface area contributed by atoms with Crippen LogP contribution in [-0.2, 0) is 24.1 Å². The van der Waals surface area contributed by atoms with Crippen LogP contribution < -0.4 is 10.2 Å². The van der Waals surface area contributed by atoms with E-state index in [1.54, 1.807) is 12.3 Å². The Kier molecular flexibility index (Phi) is 4.88. The number of hydrogen-bond donors (Lipinski definition) is 1. The number of rotatable bonds is 4. The van der Waals surface area contributed by atoms with Gasteiger partial charge in [-0.05, 0) is 24.6 Å². The number of aryl methyl sites for hydroxylation is 1. The number of carbonyl (C=O) groups excluding carboxylic acids is 1. The van der Waals surface area contributed by atoms with Crippen molar-refractivity contribution >= 4 is 17.2 Å². The van der Waals surface area contributed by atoms with Crippen LogP contribution in [0, 0.1) is 12.7 Å². The summed E-state index contributed by atoms with van der Waals surface area (Å²) in [5.74, 6) is -1.61. The minimum absolute atomic E-state index is 0.248. The Morgan fingerprint density at radius 1 is 1.35 bits per heavy atom. The molecule has 0 saturated heterocycles. The van der Waals surface area contributed by atoms with E-state index in [0.717, 1.165) is 23.5 Å². The zero-order valence-corrected chi connectivity index (χ0v) is 12.7. The summed E-state index contributed by atoms with van der Waals surface area (Å²) in [5, 5.41) is 3.89. The van der Waals surface area contributed by atoms with Crippen molar-refractivity contribution in [2.24, 2.45) is 0 Å². The Morgan fingerprint density at radius 3 is 2.61 bits per heavy atom. The highest BCUT2D eigenvalue weighted by atomic mass is 32.1. The topological polar surface area (TPSA) is 51.1 Å². The van der Waals surface area contributed by atoms with Crippen molar-refractivity contribution in [3.8, 4) is 0 Å². The molecular formula is C14H12F4N2O2S. The van der Waals surface area contributed by atoms with E-state index in [9.17, 15) is 27.2 Å². The van der Waals surface area contributed by atoms with Crippen LogP contribution in [0.4, 0.5) is 17.6 Å². The molecule has 0 saturated carbocycles. The van der Waals surface area contributed by atoms with Crippen LogP contribution in [0.1, 0.15) is 16.8 Å². The Balaban J connectivity index is 2.09. The maximum absolute atomic E-state index is 13.0. The van der Waals surface area contributed by atoms with Crippen LogP contribution in [0.25, 0.3) is 0 Å². The first-order valence-electron chi connectivity index (χ1n) is 6.45. The van der Waals surface area contributed by atoms with Gasteiger partial charge < -0.3 is 5.32 Å². The van der Waals surface area contributed by atoms with Gasteiger partial charge in [-0.25, -0.2) is 4.39 Å². The average molecular weight is 348 g/mol.